The molecule has 0 fully saturated rings. The predicted octanol–water partition coefficient (Wildman–Crippen LogP) is 3.67. The number of hydrogen-bond acceptors (Lipinski definition) is 5. The molecule has 0 spiro atoms. The van der Waals surface area contributed by atoms with Crippen LogP contribution in [0.1, 0.15) is 16.8 Å². The molecule has 1 heterocycles. The summed E-state index contributed by atoms with van der Waals surface area (Å²) in [6.07, 6.45) is 0.175. The zero-order chi connectivity index (χ0) is 19.4. The first-order valence-corrected chi connectivity index (χ1v) is 9.30. The average molecular weight is 405 g/mol. The average Bonchev–Trinajstić information content (AvgIpc) is 3.01. The number of methoxy groups -OCH3 is 2. The zero-order valence-electron chi connectivity index (χ0n) is 14.8. The summed E-state index contributed by atoms with van der Waals surface area (Å²) in [6, 6.07) is 12.2. The molecule has 3 rings (SSSR count). The molecule has 0 saturated heterocycles. The lowest BCUT2D eigenvalue weighted by Crippen LogP contribution is -2.19. The van der Waals surface area contributed by atoms with Crippen molar-refractivity contribution in [3.05, 3.63) is 57.9 Å². The lowest BCUT2D eigenvalue weighted by molar-refractivity contribution is -0.140. The third-order valence-corrected chi connectivity index (χ3v) is 5.22. The minimum absolute atomic E-state index is 0.175. The number of aryl methyl sites for hydroxylation is 1. The Morgan fingerprint density at radius 3 is 2.56 bits per heavy atom. The van der Waals surface area contributed by atoms with E-state index in [1.807, 2.05) is 16.7 Å². The summed E-state index contributed by atoms with van der Waals surface area (Å²) in [4.78, 5) is 28.9. The molecule has 0 aliphatic rings. The molecule has 0 atom stereocenters. The zero-order valence-corrected chi connectivity index (χ0v) is 16.3. The maximum Gasteiger partial charge on any atom is 0.307 e. The highest BCUT2D eigenvalue weighted by atomic mass is 35.5. The van der Waals surface area contributed by atoms with Crippen molar-refractivity contribution < 1.29 is 19.1 Å². The lowest BCUT2D eigenvalue weighted by Gasteiger charge is -2.04. The van der Waals surface area contributed by atoms with E-state index in [0.29, 0.717) is 27.7 Å². The maximum atomic E-state index is 12.6. The Bertz CT molecular complexity index is 1050. The number of halogens is 1. The van der Waals surface area contributed by atoms with E-state index in [1.54, 1.807) is 37.4 Å². The summed E-state index contributed by atoms with van der Waals surface area (Å²) in [5, 5.41) is 0.594. The highest BCUT2D eigenvalue weighted by Crippen LogP contribution is 2.22. The molecular weight excluding hydrogens is 388 g/mol. The molecule has 0 aliphatic carbocycles. The molecule has 0 radical (unpaired) electrons. The van der Waals surface area contributed by atoms with E-state index in [2.05, 4.69) is 4.99 Å². The van der Waals surface area contributed by atoms with Gasteiger partial charge in [0.15, 0.2) is 4.80 Å². The van der Waals surface area contributed by atoms with Crippen LogP contribution in [0.5, 0.6) is 5.75 Å². The first-order chi connectivity index (χ1) is 13.0. The Balaban J connectivity index is 2.03. The van der Waals surface area contributed by atoms with Gasteiger partial charge in [-0.1, -0.05) is 22.9 Å². The Hall–Kier alpha value is -2.64. The summed E-state index contributed by atoms with van der Waals surface area (Å²) in [7, 11) is 2.91. The van der Waals surface area contributed by atoms with Crippen molar-refractivity contribution >= 4 is 45.0 Å². The van der Waals surface area contributed by atoms with Crippen molar-refractivity contribution in [2.45, 2.75) is 13.0 Å². The molecule has 27 heavy (non-hydrogen) atoms. The van der Waals surface area contributed by atoms with Crippen LogP contribution in [0, 0.1) is 0 Å². The van der Waals surface area contributed by atoms with Gasteiger partial charge in [-0.05, 0) is 42.5 Å². The van der Waals surface area contributed by atoms with Crippen molar-refractivity contribution in [1.82, 2.24) is 4.57 Å². The van der Waals surface area contributed by atoms with Gasteiger partial charge in [0.1, 0.15) is 5.75 Å². The van der Waals surface area contributed by atoms with Gasteiger partial charge in [0.05, 0.1) is 30.9 Å². The second-order valence-corrected chi connectivity index (χ2v) is 7.07. The van der Waals surface area contributed by atoms with Gasteiger partial charge in [-0.15, -0.1) is 0 Å². The molecule has 1 amide bonds. The van der Waals surface area contributed by atoms with E-state index < -0.39 is 0 Å². The van der Waals surface area contributed by atoms with Gasteiger partial charge in [0.2, 0.25) is 0 Å². The monoisotopic (exact) mass is 404 g/mol. The first-order valence-electron chi connectivity index (χ1n) is 8.10. The van der Waals surface area contributed by atoms with Crippen LogP contribution < -0.4 is 9.54 Å². The van der Waals surface area contributed by atoms with Gasteiger partial charge in [-0.3, -0.25) is 9.59 Å². The summed E-state index contributed by atoms with van der Waals surface area (Å²) < 4.78 is 12.5. The van der Waals surface area contributed by atoms with Gasteiger partial charge >= 0.3 is 5.97 Å². The standard InChI is InChI=1S/C19H17ClN2O4S/c1-25-14-6-3-12(4-7-14)18(24)21-19-22(10-9-17(23)26-2)15-8-5-13(20)11-16(15)27-19/h3-8,11H,9-10H2,1-2H3. The number of nitrogens with zero attached hydrogens (tertiary/aromatic N) is 2. The van der Waals surface area contributed by atoms with E-state index >= 15 is 0 Å². The second kappa shape index (κ2) is 8.37. The van der Waals surface area contributed by atoms with Gasteiger partial charge in [-0.25, -0.2) is 0 Å². The normalized spacial score (nSPS) is 11.6. The van der Waals surface area contributed by atoms with Crippen LogP contribution in [0.2, 0.25) is 5.02 Å². The van der Waals surface area contributed by atoms with Crippen molar-refractivity contribution in [3.8, 4) is 5.75 Å². The third kappa shape index (κ3) is 4.37. The number of benzene rings is 2. The third-order valence-electron chi connectivity index (χ3n) is 3.95. The predicted molar refractivity (Wildman–Crippen MR) is 104 cm³/mol. The van der Waals surface area contributed by atoms with Crippen molar-refractivity contribution in [1.29, 1.82) is 0 Å². The molecule has 0 bridgehead atoms. The number of thiazole rings is 1. The van der Waals surface area contributed by atoms with E-state index in [9.17, 15) is 9.59 Å². The molecule has 0 aliphatic heterocycles. The van der Waals surface area contributed by atoms with Crippen molar-refractivity contribution in [2.75, 3.05) is 14.2 Å². The molecule has 8 heteroatoms. The van der Waals surface area contributed by atoms with Gasteiger partial charge < -0.3 is 14.0 Å². The molecule has 2 aromatic carbocycles. The van der Waals surface area contributed by atoms with Crippen molar-refractivity contribution in [2.24, 2.45) is 4.99 Å². The Labute approximate surface area is 164 Å². The van der Waals surface area contributed by atoms with Crippen LogP contribution in [0.3, 0.4) is 0 Å². The molecule has 0 N–H and O–H groups in total. The quantitative estimate of drug-likeness (QED) is 0.608. The second-order valence-electron chi connectivity index (χ2n) is 5.62. The molecule has 6 nitrogen and oxygen atoms in total. The highest BCUT2D eigenvalue weighted by molar-refractivity contribution is 7.16. The van der Waals surface area contributed by atoms with Crippen LogP contribution in [0.15, 0.2) is 47.5 Å². The van der Waals surface area contributed by atoms with Crippen LogP contribution in [0.4, 0.5) is 0 Å². The largest absolute Gasteiger partial charge is 0.497 e. The molecular formula is C19H17ClN2O4S. The van der Waals surface area contributed by atoms with Crippen molar-refractivity contribution in [3.63, 3.8) is 0 Å². The number of carbonyl (C=O) groups is 2. The van der Waals surface area contributed by atoms with Crippen LogP contribution in [0.25, 0.3) is 10.2 Å². The maximum absolute atomic E-state index is 12.6. The lowest BCUT2D eigenvalue weighted by atomic mass is 10.2. The molecule has 0 unspecified atom stereocenters. The minimum Gasteiger partial charge on any atom is -0.497 e. The summed E-state index contributed by atoms with van der Waals surface area (Å²) in [5.41, 5.74) is 1.31. The fourth-order valence-electron chi connectivity index (χ4n) is 2.54. The van der Waals surface area contributed by atoms with Gasteiger partial charge in [-0.2, -0.15) is 4.99 Å². The molecule has 1 aromatic heterocycles. The van der Waals surface area contributed by atoms with Crippen LogP contribution in [-0.4, -0.2) is 30.7 Å². The number of aromatic nitrogens is 1. The molecule has 3 aromatic rings. The topological polar surface area (TPSA) is 69.9 Å². The summed E-state index contributed by atoms with van der Waals surface area (Å²) >= 11 is 7.42. The first kappa shape index (κ1) is 19.1. The van der Waals surface area contributed by atoms with Crippen LogP contribution in [-0.2, 0) is 16.1 Å². The Kier molecular flexibility index (Phi) is 5.93. The minimum atomic E-state index is -0.373. The van der Waals surface area contributed by atoms with E-state index in [4.69, 9.17) is 21.1 Å². The highest BCUT2D eigenvalue weighted by Gasteiger charge is 2.11. The van der Waals surface area contributed by atoms with E-state index in [0.717, 1.165) is 10.2 Å². The number of esters is 1. The summed E-state index contributed by atoms with van der Waals surface area (Å²) in [6.45, 7) is 0.350. The van der Waals surface area contributed by atoms with Gasteiger partial charge in [0.25, 0.3) is 5.91 Å². The van der Waals surface area contributed by atoms with Gasteiger partial charge in [0, 0.05) is 17.1 Å². The smallest absolute Gasteiger partial charge is 0.307 e. The number of carbonyl (C=O) groups excluding carboxylic acids is 2. The number of hydrogen-bond donors (Lipinski definition) is 0. The Morgan fingerprint density at radius 2 is 1.89 bits per heavy atom. The number of fused-ring (bicyclic) bond motifs is 1. The Morgan fingerprint density at radius 1 is 1.15 bits per heavy atom. The van der Waals surface area contributed by atoms with Crippen LogP contribution >= 0.6 is 22.9 Å². The fraction of sp³-hybridized carbons (Fsp3) is 0.211. The number of rotatable bonds is 5. The van der Waals surface area contributed by atoms with E-state index in [1.165, 1.54) is 18.4 Å². The SMILES string of the molecule is COC(=O)CCn1c(=NC(=O)c2ccc(OC)cc2)sc2cc(Cl)ccc21. The van der Waals surface area contributed by atoms with E-state index in [-0.39, 0.29) is 18.3 Å². The summed E-state index contributed by atoms with van der Waals surface area (Å²) in [5.74, 6) is -0.0402. The molecule has 140 valence electrons. The number of amides is 1. The molecule has 0 saturated carbocycles. The number of ether oxygens (including phenoxy) is 2. The fourth-order valence-corrected chi connectivity index (χ4v) is 3.87.